The lowest BCUT2D eigenvalue weighted by Gasteiger charge is -2.15. The molecule has 138 valence electrons. The lowest BCUT2D eigenvalue weighted by atomic mass is 10.0. The summed E-state index contributed by atoms with van der Waals surface area (Å²) in [5.41, 5.74) is 0.750. The van der Waals surface area contributed by atoms with Crippen LogP contribution in [0.3, 0.4) is 0 Å². The van der Waals surface area contributed by atoms with Gasteiger partial charge in [-0.25, -0.2) is 22.0 Å². The van der Waals surface area contributed by atoms with Gasteiger partial charge >= 0.3 is 0 Å². The van der Waals surface area contributed by atoms with Crippen LogP contribution in [-0.2, 0) is 12.5 Å². The molecule has 0 atom stereocenters. The molecule has 1 aromatic heterocycles. The van der Waals surface area contributed by atoms with Crippen LogP contribution < -0.4 is 0 Å². The van der Waals surface area contributed by atoms with Crippen LogP contribution in [0.1, 0.15) is 29.3 Å². The van der Waals surface area contributed by atoms with Gasteiger partial charge in [-0.15, -0.1) is 0 Å². The number of halogens is 5. The summed E-state index contributed by atoms with van der Waals surface area (Å²) in [6.07, 6.45) is 1.60. The SMILES string of the molecule is CC(F)(F)c1cc(C2=NCc3c(F)cc(F)cc3-n3cccc32)ccc1F. The van der Waals surface area contributed by atoms with Gasteiger partial charge < -0.3 is 4.57 Å². The molecule has 1 aliphatic heterocycles. The molecule has 0 spiro atoms. The summed E-state index contributed by atoms with van der Waals surface area (Å²) < 4.78 is 70.8. The number of nitrogens with zero attached hydrogens (tertiary/aromatic N) is 2. The van der Waals surface area contributed by atoms with Crippen LogP contribution in [-0.4, -0.2) is 10.3 Å². The minimum Gasteiger partial charge on any atom is -0.315 e. The molecule has 0 fully saturated rings. The predicted molar refractivity (Wildman–Crippen MR) is 91.0 cm³/mol. The van der Waals surface area contributed by atoms with Gasteiger partial charge in [-0.05, 0) is 36.4 Å². The van der Waals surface area contributed by atoms with Crippen molar-refractivity contribution in [1.82, 2.24) is 4.57 Å². The van der Waals surface area contributed by atoms with Crippen LogP contribution in [0.4, 0.5) is 22.0 Å². The standard InChI is InChI=1S/C20H13F5N2/c1-20(24,25)14-7-11(4-5-15(14)22)19-17-3-2-6-27(17)18-9-12(21)8-16(23)13(18)10-26-19/h2-9H,10H2,1H3. The van der Waals surface area contributed by atoms with E-state index in [2.05, 4.69) is 4.99 Å². The number of alkyl halides is 2. The average molecular weight is 376 g/mol. The molecule has 0 radical (unpaired) electrons. The predicted octanol–water partition coefficient (Wildman–Crippen LogP) is 5.36. The number of hydrogen-bond donors (Lipinski definition) is 0. The van der Waals surface area contributed by atoms with Crippen LogP contribution in [0, 0.1) is 17.5 Å². The minimum absolute atomic E-state index is 0.103. The second-order valence-corrected chi connectivity index (χ2v) is 6.40. The Kier molecular flexibility index (Phi) is 3.91. The van der Waals surface area contributed by atoms with E-state index in [0.29, 0.717) is 18.3 Å². The van der Waals surface area contributed by atoms with E-state index in [1.165, 1.54) is 12.1 Å². The van der Waals surface area contributed by atoms with Crippen LogP contribution in [0.15, 0.2) is 53.7 Å². The zero-order valence-electron chi connectivity index (χ0n) is 14.1. The van der Waals surface area contributed by atoms with Gasteiger partial charge in [0.15, 0.2) is 0 Å². The third-order valence-corrected chi connectivity index (χ3v) is 4.50. The first-order chi connectivity index (χ1) is 12.8. The second-order valence-electron chi connectivity index (χ2n) is 6.40. The van der Waals surface area contributed by atoms with Gasteiger partial charge in [0.1, 0.15) is 17.5 Å². The van der Waals surface area contributed by atoms with E-state index in [-0.39, 0.29) is 23.4 Å². The molecule has 27 heavy (non-hydrogen) atoms. The number of aromatic nitrogens is 1. The molecular weight excluding hydrogens is 363 g/mol. The number of fused-ring (bicyclic) bond motifs is 3. The summed E-state index contributed by atoms with van der Waals surface area (Å²) in [7, 11) is 0. The van der Waals surface area contributed by atoms with Gasteiger partial charge in [-0.2, -0.15) is 0 Å². The molecule has 0 amide bonds. The Morgan fingerprint density at radius 2 is 1.78 bits per heavy atom. The van der Waals surface area contributed by atoms with E-state index in [0.717, 1.165) is 18.2 Å². The van der Waals surface area contributed by atoms with Crippen molar-refractivity contribution in [1.29, 1.82) is 0 Å². The lowest BCUT2D eigenvalue weighted by Crippen LogP contribution is -2.14. The van der Waals surface area contributed by atoms with Crippen LogP contribution in [0.5, 0.6) is 0 Å². The van der Waals surface area contributed by atoms with E-state index in [9.17, 15) is 22.0 Å². The Labute approximate surface area is 151 Å². The molecule has 1 aliphatic rings. The number of benzene rings is 2. The molecule has 2 nitrogen and oxygen atoms in total. The van der Waals surface area contributed by atoms with Gasteiger partial charge in [0.2, 0.25) is 0 Å². The fraction of sp³-hybridized carbons (Fsp3) is 0.150. The van der Waals surface area contributed by atoms with Gasteiger partial charge in [-0.3, -0.25) is 4.99 Å². The molecule has 4 rings (SSSR count). The highest BCUT2D eigenvalue weighted by molar-refractivity contribution is 6.12. The normalized spacial score (nSPS) is 13.6. The first kappa shape index (κ1) is 17.5. The third-order valence-electron chi connectivity index (χ3n) is 4.50. The van der Waals surface area contributed by atoms with Gasteiger partial charge in [-0.1, -0.05) is 0 Å². The largest absolute Gasteiger partial charge is 0.315 e. The molecule has 2 heterocycles. The van der Waals surface area contributed by atoms with Gasteiger partial charge in [0.05, 0.1) is 29.2 Å². The summed E-state index contributed by atoms with van der Waals surface area (Å²) in [6, 6.07) is 8.61. The van der Waals surface area contributed by atoms with Crippen molar-refractivity contribution in [2.75, 3.05) is 0 Å². The van der Waals surface area contributed by atoms with E-state index in [1.54, 1.807) is 22.9 Å². The number of rotatable bonds is 2. The maximum Gasteiger partial charge on any atom is 0.273 e. The minimum atomic E-state index is -3.37. The summed E-state index contributed by atoms with van der Waals surface area (Å²) in [5, 5.41) is 0. The Morgan fingerprint density at radius 3 is 2.52 bits per heavy atom. The number of aliphatic imine (C=N–C) groups is 1. The van der Waals surface area contributed by atoms with E-state index in [1.807, 2.05) is 0 Å². The Bertz CT molecular complexity index is 1080. The zero-order chi connectivity index (χ0) is 19.3. The maximum atomic E-state index is 14.2. The fourth-order valence-electron chi connectivity index (χ4n) is 3.23. The average Bonchev–Trinajstić information content (AvgIpc) is 3.00. The summed E-state index contributed by atoms with van der Waals surface area (Å²) in [5.74, 6) is -5.86. The molecular formula is C20H13F5N2. The topological polar surface area (TPSA) is 17.3 Å². The molecule has 3 aromatic rings. The summed E-state index contributed by atoms with van der Waals surface area (Å²) >= 11 is 0. The van der Waals surface area contributed by atoms with E-state index >= 15 is 0 Å². The Hall–Kier alpha value is -2.96. The quantitative estimate of drug-likeness (QED) is 0.536. The smallest absolute Gasteiger partial charge is 0.273 e. The summed E-state index contributed by atoms with van der Waals surface area (Å²) in [4.78, 5) is 4.36. The van der Waals surface area contributed by atoms with Gasteiger partial charge in [0.25, 0.3) is 5.92 Å². The summed E-state index contributed by atoms with van der Waals surface area (Å²) in [6.45, 7) is 0.508. The van der Waals surface area contributed by atoms with Crippen molar-refractivity contribution < 1.29 is 22.0 Å². The molecule has 0 bridgehead atoms. The highest BCUT2D eigenvalue weighted by Gasteiger charge is 2.30. The molecule has 0 saturated carbocycles. The maximum absolute atomic E-state index is 14.2. The number of hydrogen-bond acceptors (Lipinski definition) is 1. The van der Waals surface area contributed by atoms with Crippen LogP contribution >= 0.6 is 0 Å². The van der Waals surface area contributed by atoms with E-state index < -0.39 is 28.9 Å². The molecule has 0 N–H and O–H groups in total. The molecule has 7 heteroatoms. The monoisotopic (exact) mass is 376 g/mol. The first-order valence-electron chi connectivity index (χ1n) is 8.14. The molecule has 0 saturated heterocycles. The molecule has 0 unspecified atom stereocenters. The van der Waals surface area contributed by atoms with Crippen molar-refractivity contribution in [3.05, 3.63) is 88.5 Å². The molecule has 2 aromatic carbocycles. The zero-order valence-corrected chi connectivity index (χ0v) is 14.1. The van der Waals surface area contributed by atoms with Crippen molar-refractivity contribution in [3.63, 3.8) is 0 Å². The lowest BCUT2D eigenvalue weighted by molar-refractivity contribution is 0.0137. The van der Waals surface area contributed by atoms with E-state index in [4.69, 9.17) is 0 Å². The van der Waals surface area contributed by atoms with Crippen molar-refractivity contribution >= 4 is 5.71 Å². The third kappa shape index (κ3) is 2.93. The second kappa shape index (κ2) is 6.04. The van der Waals surface area contributed by atoms with Crippen molar-refractivity contribution in [3.8, 4) is 5.69 Å². The highest BCUT2D eigenvalue weighted by atomic mass is 19.3. The van der Waals surface area contributed by atoms with Crippen molar-refractivity contribution in [2.24, 2.45) is 4.99 Å². The first-order valence-corrected chi connectivity index (χ1v) is 8.14. The van der Waals surface area contributed by atoms with Crippen LogP contribution in [0.2, 0.25) is 0 Å². The van der Waals surface area contributed by atoms with Crippen molar-refractivity contribution in [2.45, 2.75) is 19.4 Å². The highest BCUT2D eigenvalue weighted by Crippen LogP contribution is 2.32. The Balaban J connectivity index is 1.92. The molecule has 0 aliphatic carbocycles. The van der Waals surface area contributed by atoms with Gasteiger partial charge in [0, 0.05) is 30.3 Å². The fourth-order valence-corrected chi connectivity index (χ4v) is 3.23. The Morgan fingerprint density at radius 1 is 1.00 bits per heavy atom. The van der Waals surface area contributed by atoms with Crippen LogP contribution in [0.25, 0.3) is 5.69 Å².